The van der Waals surface area contributed by atoms with Gasteiger partial charge in [-0.3, -0.25) is 4.98 Å². The van der Waals surface area contributed by atoms with E-state index in [9.17, 15) is 4.79 Å². The van der Waals surface area contributed by atoms with E-state index >= 15 is 0 Å². The van der Waals surface area contributed by atoms with Crippen molar-refractivity contribution < 1.29 is 9.90 Å². The van der Waals surface area contributed by atoms with Crippen molar-refractivity contribution in [2.75, 3.05) is 0 Å². The van der Waals surface area contributed by atoms with Gasteiger partial charge in [0.05, 0.1) is 5.56 Å². The van der Waals surface area contributed by atoms with Gasteiger partial charge in [-0.15, -0.1) is 0 Å². The lowest BCUT2D eigenvalue weighted by atomic mass is 10.1. The van der Waals surface area contributed by atoms with Gasteiger partial charge < -0.3 is 5.11 Å². The summed E-state index contributed by atoms with van der Waals surface area (Å²) in [5.41, 5.74) is 2.04. The Balaban J connectivity index is 2.98. The van der Waals surface area contributed by atoms with E-state index in [2.05, 4.69) is 11.9 Å². The van der Waals surface area contributed by atoms with E-state index in [1.54, 1.807) is 6.92 Å². The van der Waals surface area contributed by atoms with E-state index in [0.717, 1.165) is 24.1 Å². The van der Waals surface area contributed by atoms with Gasteiger partial charge in [0.2, 0.25) is 0 Å². The first-order chi connectivity index (χ1) is 6.15. The molecule has 0 aliphatic heterocycles. The molecule has 0 aromatic carbocycles. The molecule has 3 heteroatoms. The van der Waals surface area contributed by atoms with Gasteiger partial charge >= 0.3 is 5.97 Å². The van der Waals surface area contributed by atoms with Gasteiger partial charge in [-0.1, -0.05) is 13.3 Å². The molecule has 13 heavy (non-hydrogen) atoms. The summed E-state index contributed by atoms with van der Waals surface area (Å²) in [5.74, 6) is -0.909. The maximum Gasteiger partial charge on any atom is 0.337 e. The largest absolute Gasteiger partial charge is 0.478 e. The van der Waals surface area contributed by atoms with E-state index in [-0.39, 0.29) is 0 Å². The number of aryl methyl sites for hydroxylation is 2. The molecule has 0 amide bonds. The topological polar surface area (TPSA) is 50.2 Å². The molecule has 0 spiro atoms. The van der Waals surface area contributed by atoms with Crippen molar-refractivity contribution in [1.29, 1.82) is 0 Å². The Morgan fingerprint density at radius 1 is 1.62 bits per heavy atom. The van der Waals surface area contributed by atoms with Crippen LogP contribution in [0.5, 0.6) is 0 Å². The summed E-state index contributed by atoms with van der Waals surface area (Å²) >= 11 is 0. The molecule has 1 aromatic heterocycles. The van der Waals surface area contributed by atoms with Crippen LogP contribution in [0, 0.1) is 6.92 Å². The second-order valence-electron chi connectivity index (χ2n) is 3.05. The Hall–Kier alpha value is -1.38. The van der Waals surface area contributed by atoms with E-state index in [4.69, 9.17) is 5.11 Å². The van der Waals surface area contributed by atoms with Crippen LogP contribution in [0.4, 0.5) is 0 Å². The minimum Gasteiger partial charge on any atom is -0.478 e. The van der Waals surface area contributed by atoms with Crippen molar-refractivity contribution in [3.63, 3.8) is 0 Å². The van der Waals surface area contributed by atoms with Crippen LogP contribution in [0.25, 0.3) is 0 Å². The van der Waals surface area contributed by atoms with Crippen molar-refractivity contribution in [3.05, 3.63) is 29.1 Å². The fraction of sp³-hybridized carbons (Fsp3) is 0.400. The molecule has 0 aliphatic rings. The van der Waals surface area contributed by atoms with Crippen LogP contribution >= 0.6 is 0 Å². The maximum atomic E-state index is 10.7. The number of carbonyl (C=O) groups is 1. The number of hydrogen-bond acceptors (Lipinski definition) is 2. The van der Waals surface area contributed by atoms with E-state index in [0.29, 0.717) is 5.56 Å². The van der Waals surface area contributed by atoms with Crippen LogP contribution < -0.4 is 0 Å². The van der Waals surface area contributed by atoms with Crippen LogP contribution in [0.2, 0.25) is 0 Å². The van der Waals surface area contributed by atoms with Crippen LogP contribution in [0.3, 0.4) is 0 Å². The fourth-order valence-corrected chi connectivity index (χ4v) is 1.23. The van der Waals surface area contributed by atoms with Crippen LogP contribution in [-0.4, -0.2) is 16.1 Å². The zero-order chi connectivity index (χ0) is 9.84. The Morgan fingerprint density at radius 2 is 2.31 bits per heavy atom. The minimum absolute atomic E-state index is 0.292. The molecule has 1 heterocycles. The Labute approximate surface area is 77.4 Å². The second kappa shape index (κ2) is 4.03. The first-order valence-corrected chi connectivity index (χ1v) is 4.34. The molecule has 0 radical (unpaired) electrons. The van der Waals surface area contributed by atoms with Crippen LogP contribution in [0.1, 0.15) is 35.0 Å². The zero-order valence-electron chi connectivity index (χ0n) is 7.87. The van der Waals surface area contributed by atoms with Crippen molar-refractivity contribution in [1.82, 2.24) is 4.98 Å². The molecule has 1 N–H and O–H groups in total. The summed E-state index contributed by atoms with van der Waals surface area (Å²) in [6, 6.07) is 1.84. The summed E-state index contributed by atoms with van der Waals surface area (Å²) in [6.07, 6.45) is 3.36. The molecule has 0 fully saturated rings. The van der Waals surface area contributed by atoms with E-state index in [1.807, 2.05) is 6.07 Å². The van der Waals surface area contributed by atoms with Crippen molar-refractivity contribution in [3.8, 4) is 0 Å². The summed E-state index contributed by atoms with van der Waals surface area (Å²) in [6.45, 7) is 3.87. The zero-order valence-corrected chi connectivity index (χ0v) is 7.87. The number of rotatable bonds is 3. The predicted octanol–water partition coefficient (Wildman–Crippen LogP) is 2.04. The first kappa shape index (κ1) is 9.71. The standard InChI is InChI=1S/C10H13NO2/c1-3-4-8-5-7(2)9(6-11-8)10(12)13/h5-6H,3-4H2,1-2H3,(H,12,13). The van der Waals surface area contributed by atoms with Gasteiger partial charge in [0.15, 0.2) is 0 Å². The Morgan fingerprint density at radius 3 is 2.77 bits per heavy atom. The number of carboxylic acid groups (broad SMARTS) is 1. The molecular weight excluding hydrogens is 166 g/mol. The van der Waals surface area contributed by atoms with Crippen molar-refractivity contribution >= 4 is 5.97 Å². The molecule has 0 saturated carbocycles. The molecule has 0 atom stereocenters. The Kier molecular flexibility index (Phi) is 3.01. The van der Waals surface area contributed by atoms with Gasteiger partial charge in [-0.25, -0.2) is 4.79 Å². The predicted molar refractivity (Wildman–Crippen MR) is 49.9 cm³/mol. The maximum absolute atomic E-state index is 10.7. The molecule has 0 bridgehead atoms. The quantitative estimate of drug-likeness (QED) is 0.772. The highest BCUT2D eigenvalue weighted by atomic mass is 16.4. The first-order valence-electron chi connectivity index (χ1n) is 4.34. The molecular formula is C10H13NO2. The molecule has 3 nitrogen and oxygen atoms in total. The van der Waals surface area contributed by atoms with Crippen molar-refractivity contribution in [2.24, 2.45) is 0 Å². The number of nitrogens with zero attached hydrogens (tertiary/aromatic N) is 1. The average molecular weight is 179 g/mol. The monoisotopic (exact) mass is 179 g/mol. The van der Waals surface area contributed by atoms with E-state index < -0.39 is 5.97 Å². The SMILES string of the molecule is CCCc1cc(C)c(C(=O)O)cn1. The lowest BCUT2D eigenvalue weighted by molar-refractivity contribution is 0.0695. The third-order valence-electron chi connectivity index (χ3n) is 1.90. The third kappa shape index (κ3) is 2.28. The molecule has 0 unspecified atom stereocenters. The summed E-state index contributed by atoms with van der Waals surface area (Å²) < 4.78 is 0. The number of aromatic nitrogens is 1. The van der Waals surface area contributed by atoms with Gasteiger partial charge in [0, 0.05) is 11.9 Å². The highest BCUT2D eigenvalue weighted by Gasteiger charge is 2.07. The number of carboxylic acids is 1. The lowest BCUT2D eigenvalue weighted by Gasteiger charge is -2.02. The molecule has 0 saturated heterocycles. The Bertz CT molecular complexity index is 321. The highest BCUT2D eigenvalue weighted by Crippen LogP contribution is 2.09. The minimum atomic E-state index is -0.909. The van der Waals surface area contributed by atoms with Gasteiger partial charge in [0.25, 0.3) is 0 Å². The average Bonchev–Trinajstić information content (AvgIpc) is 2.04. The smallest absolute Gasteiger partial charge is 0.337 e. The lowest BCUT2D eigenvalue weighted by Crippen LogP contribution is -2.02. The van der Waals surface area contributed by atoms with Gasteiger partial charge in [-0.2, -0.15) is 0 Å². The molecule has 1 rings (SSSR count). The normalized spacial score (nSPS) is 10.0. The summed E-state index contributed by atoms with van der Waals surface area (Å²) in [7, 11) is 0. The summed E-state index contributed by atoms with van der Waals surface area (Å²) in [5, 5.41) is 8.75. The van der Waals surface area contributed by atoms with Crippen LogP contribution in [0.15, 0.2) is 12.3 Å². The number of pyridine rings is 1. The van der Waals surface area contributed by atoms with E-state index in [1.165, 1.54) is 6.20 Å². The van der Waals surface area contributed by atoms with Gasteiger partial charge in [0.1, 0.15) is 0 Å². The molecule has 1 aromatic rings. The summed E-state index contributed by atoms with van der Waals surface area (Å²) in [4.78, 5) is 14.7. The van der Waals surface area contributed by atoms with Crippen molar-refractivity contribution in [2.45, 2.75) is 26.7 Å². The molecule has 0 aliphatic carbocycles. The third-order valence-corrected chi connectivity index (χ3v) is 1.90. The highest BCUT2D eigenvalue weighted by molar-refractivity contribution is 5.88. The van der Waals surface area contributed by atoms with Crippen LogP contribution in [-0.2, 0) is 6.42 Å². The second-order valence-corrected chi connectivity index (χ2v) is 3.05. The van der Waals surface area contributed by atoms with Gasteiger partial charge in [-0.05, 0) is 25.0 Å². The molecule has 70 valence electrons. The number of hydrogen-bond donors (Lipinski definition) is 1. The fourth-order valence-electron chi connectivity index (χ4n) is 1.23. The number of aromatic carboxylic acids is 1.